The zero-order chi connectivity index (χ0) is 12.6. The zero-order valence-corrected chi connectivity index (χ0v) is 9.36. The number of aromatic hydroxyl groups is 1. The van der Waals surface area contributed by atoms with Crippen LogP contribution in [0, 0.1) is 6.92 Å². The molecule has 0 heterocycles. The second-order valence-corrected chi connectivity index (χ2v) is 4.34. The van der Waals surface area contributed by atoms with E-state index in [2.05, 4.69) is 5.32 Å². The van der Waals surface area contributed by atoms with Gasteiger partial charge < -0.3 is 15.5 Å². The number of aliphatic carboxylic acids is 1. The third-order valence-electron chi connectivity index (χ3n) is 2.97. The van der Waals surface area contributed by atoms with Crippen molar-refractivity contribution >= 4 is 11.9 Å². The number of benzene rings is 1. The van der Waals surface area contributed by atoms with Crippen molar-refractivity contribution in [3.8, 4) is 5.75 Å². The molecule has 2 rings (SSSR count). The van der Waals surface area contributed by atoms with Crippen molar-refractivity contribution in [2.24, 2.45) is 0 Å². The number of carbonyl (C=O) groups is 2. The van der Waals surface area contributed by atoms with E-state index in [4.69, 9.17) is 5.11 Å². The van der Waals surface area contributed by atoms with Crippen LogP contribution in [0.1, 0.15) is 28.8 Å². The Labute approximate surface area is 98.1 Å². The lowest BCUT2D eigenvalue weighted by Gasteiger charge is -2.13. The summed E-state index contributed by atoms with van der Waals surface area (Å²) in [5, 5.41) is 20.7. The highest BCUT2D eigenvalue weighted by molar-refractivity contribution is 6.00. The summed E-state index contributed by atoms with van der Waals surface area (Å²) < 4.78 is 0. The maximum Gasteiger partial charge on any atom is 0.329 e. The van der Waals surface area contributed by atoms with Crippen molar-refractivity contribution in [1.29, 1.82) is 0 Å². The van der Waals surface area contributed by atoms with Crippen molar-refractivity contribution in [1.82, 2.24) is 5.32 Å². The third kappa shape index (κ3) is 2.08. The van der Waals surface area contributed by atoms with Crippen LogP contribution in [0.4, 0.5) is 0 Å². The van der Waals surface area contributed by atoms with E-state index in [0.717, 1.165) is 0 Å². The molecule has 0 aliphatic heterocycles. The van der Waals surface area contributed by atoms with Gasteiger partial charge in [0.1, 0.15) is 11.3 Å². The Morgan fingerprint density at radius 2 is 2.00 bits per heavy atom. The second-order valence-electron chi connectivity index (χ2n) is 4.34. The van der Waals surface area contributed by atoms with Gasteiger partial charge in [0.15, 0.2) is 0 Å². The average Bonchev–Trinajstić information content (AvgIpc) is 2.98. The molecule has 17 heavy (non-hydrogen) atoms. The largest absolute Gasteiger partial charge is 0.508 e. The van der Waals surface area contributed by atoms with Crippen LogP contribution in [0.25, 0.3) is 0 Å². The molecule has 0 saturated heterocycles. The Morgan fingerprint density at radius 3 is 2.47 bits per heavy atom. The Bertz CT molecular complexity index is 491. The number of phenolic OH excluding ortho intramolecular Hbond substituents is 1. The summed E-state index contributed by atoms with van der Waals surface area (Å²) in [5.74, 6) is -1.33. The summed E-state index contributed by atoms with van der Waals surface area (Å²) >= 11 is 0. The van der Waals surface area contributed by atoms with Gasteiger partial charge >= 0.3 is 5.97 Å². The van der Waals surface area contributed by atoms with Crippen molar-refractivity contribution < 1.29 is 19.8 Å². The molecule has 5 nitrogen and oxygen atoms in total. The van der Waals surface area contributed by atoms with Gasteiger partial charge in [-0.25, -0.2) is 4.79 Å². The van der Waals surface area contributed by atoms with Gasteiger partial charge in [-0.2, -0.15) is 0 Å². The third-order valence-corrected chi connectivity index (χ3v) is 2.97. The van der Waals surface area contributed by atoms with E-state index >= 15 is 0 Å². The monoisotopic (exact) mass is 235 g/mol. The maximum absolute atomic E-state index is 11.9. The average molecular weight is 235 g/mol. The minimum absolute atomic E-state index is 0.0819. The van der Waals surface area contributed by atoms with E-state index in [1.807, 2.05) is 0 Å². The van der Waals surface area contributed by atoms with Crippen LogP contribution in [0.3, 0.4) is 0 Å². The zero-order valence-electron chi connectivity index (χ0n) is 9.36. The number of hydrogen-bond donors (Lipinski definition) is 3. The van der Waals surface area contributed by atoms with Gasteiger partial charge in [-0.15, -0.1) is 0 Å². The minimum atomic E-state index is -1.08. The Kier molecular flexibility index (Phi) is 2.53. The molecule has 0 aromatic heterocycles. The molecule has 3 N–H and O–H groups in total. The summed E-state index contributed by atoms with van der Waals surface area (Å²) in [6.45, 7) is 1.69. The Morgan fingerprint density at radius 1 is 1.35 bits per heavy atom. The number of rotatable bonds is 3. The van der Waals surface area contributed by atoms with Crippen LogP contribution in [0.2, 0.25) is 0 Å². The molecule has 1 aromatic carbocycles. The van der Waals surface area contributed by atoms with E-state index in [0.29, 0.717) is 24.0 Å². The molecule has 1 aromatic rings. The standard InChI is InChI=1S/C12H13NO4/c1-7-6-8(14)2-3-9(7)10(15)13-12(4-5-12)11(16)17/h2-3,6,14H,4-5H2,1H3,(H,13,15)(H,16,17). The molecular weight excluding hydrogens is 222 g/mol. The molecule has 1 fully saturated rings. The molecule has 1 saturated carbocycles. The smallest absolute Gasteiger partial charge is 0.329 e. The summed E-state index contributed by atoms with van der Waals surface area (Å²) in [7, 11) is 0. The van der Waals surface area contributed by atoms with Gasteiger partial charge in [0.2, 0.25) is 0 Å². The fourth-order valence-corrected chi connectivity index (χ4v) is 1.70. The van der Waals surface area contributed by atoms with Gasteiger partial charge in [-0.05, 0) is 43.5 Å². The summed E-state index contributed by atoms with van der Waals surface area (Å²) in [5.41, 5.74) is -0.0828. The van der Waals surface area contributed by atoms with E-state index in [9.17, 15) is 14.7 Å². The summed E-state index contributed by atoms with van der Waals surface area (Å²) in [4.78, 5) is 22.8. The van der Waals surface area contributed by atoms with Crippen LogP contribution >= 0.6 is 0 Å². The Hall–Kier alpha value is -2.04. The first-order chi connectivity index (χ1) is 7.94. The lowest BCUT2D eigenvalue weighted by Crippen LogP contribution is -2.43. The molecule has 0 unspecified atom stereocenters. The number of carboxylic acids is 1. The van der Waals surface area contributed by atoms with E-state index in [1.54, 1.807) is 6.92 Å². The summed E-state index contributed by atoms with van der Waals surface area (Å²) in [6.07, 6.45) is 0.927. The van der Waals surface area contributed by atoms with Crippen LogP contribution in [0.15, 0.2) is 18.2 Å². The van der Waals surface area contributed by atoms with E-state index in [-0.39, 0.29) is 5.75 Å². The molecule has 90 valence electrons. The molecule has 0 radical (unpaired) electrons. The number of carbonyl (C=O) groups excluding carboxylic acids is 1. The number of amides is 1. The number of aryl methyl sites for hydroxylation is 1. The number of phenols is 1. The molecule has 0 bridgehead atoms. The van der Waals surface area contributed by atoms with Gasteiger partial charge in [0.25, 0.3) is 5.91 Å². The van der Waals surface area contributed by atoms with Crippen molar-refractivity contribution in [2.75, 3.05) is 0 Å². The van der Waals surface area contributed by atoms with Crippen LogP contribution in [-0.2, 0) is 4.79 Å². The molecule has 1 amide bonds. The molecule has 5 heteroatoms. The lowest BCUT2D eigenvalue weighted by molar-refractivity contribution is -0.140. The molecule has 1 aliphatic rings. The minimum Gasteiger partial charge on any atom is -0.508 e. The quantitative estimate of drug-likeness (QED) is 0.730. The number of hydrogen-bond acceptors (Lipinski definition) is 3. The predicted octanol–water partition coefficient (Wildman–Crippen LogP) is 1.05. The predicted molar refractivity (Wildman–Crippen MR) is 59.9 cm³/mol. The van der Waals surface area contributed by atoms with E-state index in [1.165, 1.54) is 18.2 Å². The van der Waals surface area contributed by atoms with Crippen LogP contribution in [0.5, 0.6) is 5.75 Å². The fourth-order valence-electron chi connectivity index (χ4n) is 1.70. The van der Waals surface area contributed by atoms with Crippen molar-refractivity contribution in [2.45, 2.75) is 25.3 Å². The second kappa shape index (κ2) is 3.76. The lowest BCUT2D eigenvalue weighted by atomic mass is 10.1. The molecule has 0 spiro atoms. The van der Waals surface area contributed by atoms with E-state index < -0.39 is 17.4 Å². The van der Waals surface area contributed by atoms with Gasteiger partial charge in [0, 0.05) is 5.56 Å². The SMILES string of the molecule is Cc1cc(O)ccc1C(=O)NC1(C(=O)O)CC1. The number of nitrogens with one attached hydrogen (secondary N) is 1. The molecular formula is C12H13NO4. The first kappa shape index (κ1) is 11.4. The summed E-state index contributed by atoms with van der Waals surface area (Å²) in [6, 6.07) is 4.36. The molecule has 0 atom stereocenters. The fraction of sp³-hybridized carbons (Fsp3) is 0.333. The van der Waals surface area contributed by atoms with Crippen LogP contribution in [-0.4, -0.2) is 27.6 Å². The van der Waals surface area contributed by atoms with Gasteiger partial charge in [-0.3, -0.25) is 4.79 Å². The van der Waals surface area contributed by atoms with Gasteiger partial charge in [-0.1, -0.05) is 0 Å². The first-order valence-electron chi connectivity index (χ1n) is 5.30. The first-order valence-corrected chi connectivity index (χ1v) is 5.30. The maximum atomic E-state index is 11.9. The van der Waals surface area contributed by atoms with Gasteiger partial charge in [0.05, 0.1) is 0 Å². The van der Waals surface area contributed by atoms with Crippen molar-refractivity contribution in [3.05, 3.63) is 29.3 Å². The normalized spacial score (nSPS) is 16.3. The number of carboxylic acid groups (broad SMARTS) is 1. The Balaban J connectivity index is 2.18. The highest BCUT2D eigenvalue weighted by Crippen LogP contribution is 2.36. The van der Waals surface area contributed by atoms with Crippen molar-refractivity contribution in [3.63, 3.8) is 0 Å². The van der Waals surface area contributed by atoms with Crippen LogP contribution < -0.4 is 5.32 Å². The topological polar surface area (TPSA) is 86.6 Å². The highest BCUT2D eigenvalue weighted by Gasteiger charge is 2.51. The molecule has 1 aliphatic carbocycles. The highest BCUT2D eigenvalue weighted by atomic mass is 16.4.